The zero-order valence-electron chi connectivity index (χ0n) is 17.8. The van der Waals surface area contributed by atoms with Gasteiger partial charge in [0.05, 0.1) is 16.6 Å². The first kappa shape index (κ1) is 20.2. The monoisotopic (exact) mass is 507 g/mol. The summed E-state index contributed by atoms with van der Waals surface area (Å²) < 4.78 is 14.3. The molecule has 2 aliphatic heterocycles. The molecule has 8 nitrogen and oxygen atoms in total. The van der Waals surface area contributed by atoms with Gasteiger partial charge in [-0.2, -0.15) is 0 Å². The van der Waals surface area contributed by atoms with Crippen molar-refractivity contribution in [1.82, 2.24) is 14.3 Å². The topological polar surface area (TPSA) is 71.3 Å². The van der Waals surface area contributed by atoms with Crippen molar-refractivity contribution in [2.24, 2.45) is 0 Å². The molecule has 0 unspecified atom stereocenters. The molecule has 2 amide bonds. The number of hydrogen-bond donors (Lipinski definition) is 1. The fourth-order valence-electron chi connectivity index (χ4n) is 4.41. The van der Waals surface area contributed by atoms with E-state index in [-0.39, 0.29) is 6.03 Å². The lowest BCUT2D eigenvalue weighted by Gasteiger charge is -2.35. The summed E-state index contributed by atoms with van der Waals surface area (Å²) in [6.45, 7) is 3.70. The molecule has 4 heterocycles. The minimum Gasteiger partial charge on any atom is -0.486 e. The quantitative estimate of drug-likeness (QED) is 0.436. The molecule has 6 rings (SSSR count). The van der Waals surface area contributed by atoms with Crippen LogP contribution in [0.2, 0.25) is 0 Å². The van der Waals surface area contributed by atoms with Crippen LogP contribution in [-0.2, 0) is 0 Å². The fourth-order valence-corrected chi connectivity index (χ4v) is 4.76. The van der Waals surface area contributed by atoms with Gasteiger partial charge in [-0.1, -0.05) is 15.9 Å². The standard InChI is InChI=1S/C24H22BrN5O3/c25-16-3-5-19-18(14-16)27-23(20-2-1-7-30(19)20)28-8-10-29(11-9-28)24(31)26-17-4-6-21-22(15-17)33-13-12-32-21/h1-7,14-15H,8-13H2,(H,26,31). The number of fused-ring (bicyclic) bond motifs is 4. The number of benzene rings is 2. The lowest BCUT2D eigenvalue weighted by atomic mass is 10.2. The Morgan fingerprint density at radius 3 is 2.61 bits per heavy atom. The number of carbonyl (C=O) groups excluding carboxylic acids is 1. The second-order valence-electron chi connectivity index (χ2n) is 8.09. The van der Waals surface area contributed by atoms with Crippen LogP contribution in [0.3, 0.4) is 0 Å². The van der Waals surface area contributed by atoms with Gasteiger partial charge in [-0.25, -0.2) is 9.78 Å². The number of piperazine rings is 1. The number of amides is 2. The van der Waals surface area contributed by atoms with E-state index in [4.69, 9.17) is 14.5 Å². The second kappa shape index (κ2) is 8.15. The van der Waals surface area contributed by atoms with Crippen molar-refractivity contribution in [1.29, 1.82) is 0 Å². The summed E-state index contributed by atoms with van der Waals surface area (Å²) in [6.07, 6.45) is 2.06. The number of carbonyl (C=O) groups is 1. The van der Waals surface area contributed by atoms with Gasteiger partial charge in [-0.05, 0) is 42.5 Å². The Labute approximate surface area is 198 Å². The first-order valence-electron chi connectivity index (χ1n) is 10.9. The molecule has 0 spiro atoms. The van der Waals surface area contributed by atoms with E-state index in [0.717, 1.165) is 26.8 Å². The molecular formula is C24H22BrN5O3. The van der Waals surface area contributed by atoms with Crippen molar-refractivity contribution in [2.75, 3.05) is 49.6 Å². The summed E-state index contributed by atoms with van der Waals surface area (Å²) in [5.41, 5.74) is 3.77. The minimum absolute atomic E-state index is 0.116. The van der Waals surface area contributed by atoms with Gasteiger partial charge in [0, 0.05) is 48.6 Å². The molecule has 0 radical (unpaired) electrons. The van der Waals surface area contributed by atoms with Crippen LogP contribution in [-0.4, -0.2) is 59.7 Å². The molecule has 1 N–H and O–H groups in total. The van der Waals surface area contributed by atoms with Gasteiger partial charge in [0.1, 0.15) is 13.2 Å². The van der Waals surface area contributed by atoms with Crippen molar-refractivity contribution in [2.45, 2.75) is 0 Å². The van der Waals surface area contributed by atoms with Crippen LogP contribution in [0.25, 0.3) is 16.6 Å². The number of ether oxygens (including phenoxy) is 2. The van der Waals surface area contributed by atoms with Gasteiger partial charge in [0.25, 0.3) is 0 Å². The van der Waals surface area contributed by atoms with Gasteiger partial charge in [-0.3, -0.25) is 0 Å². The molecule has 1 fully saturated rings. The van der Waals surface area contributed by atoms with Crippen molar-refractivity contribution in [3.05, 3.63) is 59.2 Å². The smallest absolute Gasteiger partial charge is 0.321 e. The molecule has 9 heteroatoms. The van der Waals surface area contributed by atoms with Crippen molar-refractivity contribution < 1.29 is 14.3 Å². The van der Waals surface area contributed by atoms with Crippen LogP contribution in [0.5, 0.6) is 11.5 Å². The number of aromatic nitrogens is 2. The number of halogens is 1. The maximum Gasteiger partial charge on any atom is 0.321 e. The van der Waals surface area contributed by atoms with E-state index >= 15 is 0 Å². The molecule has 2 aromatic heterocycles. The average molecular weight is 508 g/mol. The van der Waals surface area contributed by atoms with E-state index in [1.54, 1.807) is 0 Å². The number of nitrogens with zero attached hydrogens (tertiary/aromatic N) is 4. The summed E-state index contributed by atoms with van der Waals surface area (Å²) >= 11 is 3.55. The largest absolute Gasteiger partial charge is 0.486 e. The van der Waals surface area contributed by atoms with Crippen LogP contribution in [0, 0.1) is 0 Å². The second-order valence-corrected chi connectivity index (χ2v) is 9.01. The minimum atomic E-state index is -0.116. The average Bonchev–Trinajstić information content (AvgIpc) is 3.33. The van der Waals surface area contributed by atoms with E-state index in [1.807, 2.05) is 41.3 Å². The highest BCUT2D eigenvalue weighted by molar-refractivity contribution is 9.10. The Kier molecular flexibility index (Phi) is 4.98. The normalized spacial score (nSPS) is 15.8. The van der Waals surface area contributed by atoms with E-state index in [1.165, 1.54) is 0 Å². The number of urea groups is 1. The molecule has 1 saturated heterocycles. The predicted octanol–water partition coefficient (Wildman–Crippen LogP) is 4.38. The SMILES string of the molecule is O=C(Nc1ccc2c(c1)OCCO2)N1CCN(c2nc3cc(Br)ccc3n3cccc23)CC1. The molecule has 168 valence electrons. The van der Waals surface area contributed by atoms with Gasteiger partial charge >= 0.3 is 6.03 Å². The third-order valence-corrected chi connectivity index (χ3v) is 6.55. The van der Waals surface area contributed by atoms with Crippen LogP contribution in [0.1, 0.15) is 0 Å². The summed E-state index contributed by atoms with van der Waals surface area (Å²) in [4.78, 5) is 21.9. The Bertz CT molecular complexity index is 1360. The van der Waals surface area contributed by atoms with Crippen LogP contribution >= 0.6 is 15.9 Å². The Hall–Kier alpha value is -3.46. The van der Waals surface area contributed by atoms with Crippen molar-refractivity contribution >= 4 is 50.0 Å². The highest BCUT2D eigenvalue weighted by atomic mass is 79.9. The molecular weight excluding hydrogens is 486 g/mol. The lowest BCUT2D eigenvalue weighted by molar-refractivity contribution is 0.171. The first-order chi connectivity index (χ1) is 16.2. The number of hydrogen-bond acceptors (Lipinski definition) is 5. The maximum atomic E-state index is 12.9. The molecule has 2 aliphatic rings. The van der Waals surface area contributed by atoms with E-state index < -0.39 is 0 Å². The molecule has 2 aromatic carbocycles. The fraction of sp³-hybridized carbons (Fsp3) is 0.250. The van der Waals surface area contributed by atoms with Gasteiger partial charge in [0.2, 0.25) is 0 Å². The Morgan fingerprint density at radius 1 is 0.939 bits per heavy atom. The van der Waals surface area contributed by atoms with Crippen LogP contribution in [0.4, 0.5) is 16.3 Å². The first-order valence-corrected chi connectivity index (χ1v) is 11.7. The third-order valence-electron chi connectivity index (χ3n) is 6.06. The van der Waals surface area contributed by atoms with E-state index in [0.29, 0.717) is 56.6 Å². The number of rotatable bonds is 2. The highest BCUT2D eigenvalue weighted by Crippen LogP contribution is 2.33. The van der Waals surface area contributed by atoms with E-state index in [9.17, 15) is 4.79 Å². The summed E-state index contributed by atoms with van der Waals surface area (Å²) in [5, 5.41) is 2.98. The van der Waals surface area contributed by atoms with E-state index in [2.05, 4.69) is 48.9 Å². The molecule has 0 bridgehead atoms. The summed E-state index contributed by atoms with van der Waals surface area (Å²) in [7, 11) is 0. The zero-order chi connectivity index (χ0) is 22.4. The zero-order valence-corrected chi connectivity index (χ0v) is 19.4. The number of anilines is 2. The van der Waals surface area contributed by atoms with Crippen molar-refractivity contribution in [3.8, 4) is 11.5 Å². The maximum absolute atomic E-state index is 12.9. The summed E-state index contributed by atoms with van der Waals surface area (Å²) in [5.74, 6) is 2.31. The molecule has 0 saturated carbocycles. The molecule has 4 aromatic rings. The van der Waals surface area contributed by atoms with Gasteiger partial charge in [-0.15, -0.1) is 0 Å². The Morgan fingerprint density at radius 2 is 1.76 bits per heavy atom. The lowest BCUT2D eigenvalue weighted by Crippen LogP contribution is -2.50. The van der Waals surface area contributed by atoms with Gasteiger partial charge < -0.3 is 29.0 Å². The van der Waals surface area contributed by atoms with Crippen molar-refractivity contribution in [3.63, 3.8) is 0 Å². The Balaban J connectivity index is 1.18. The molecule has 0 atom stereocenters. The highest BCUT2D eigenvalue weighted by Gasteiger charge is 2.24. The molecule has 33 heavy (non-hydrogen) atoms. The summed E-state index contributed by atoms with van der Waals surface area (Å²) in [6, 6.07) is 15.6. The van der Waals surface area contributed by atoms with Crippen LogP contribution in [0.15, 0.2) is 59.2 Å². The predicted molar refractivity (Wildman–Crippen MR) is 131 cm³/mol. The van der Waals surface area contributed by atoms with Gasteiger partial charge in [0.15, 0.2) is 17.3 Å². The third kappa shape index (κ3) is 3.72. The number of nitrogens with one attached hydrogen (secondary N) is 1. The van der Waals surface area contributed by atoms with Crippen LogP contribution < -0.4 is 19.7 Å². The molecule has 0 aliphatic carbocycles.